The van der Waals surface area contributed by atoms with E-state index in [0.29, 0.717) is 16.5 Å². The Balaban J connectivity index is 1.64. The molecule has 0 aliphatic carbocycles. The summed E-state index contributed by atoms with van der Waals surface area (Å²) in [6.45, 7) is -0.470. The van der Waals surface area contributed by atoms with E-state index in [1.807, 2.05) is 0 Å². The lowest BCUT2D eigenvalue weighted by Crippen LogP contribution is -2.47. The lowest BCUT2D eigenvalue weighted by Gasteiger charge is -2.22. The summed E-state index contributed by atoms with van der Waals surface area (Å²) in [7, 11) is -3.76. The fourth-order valence-electron chi connectivity index (χ4n) is 2.44. The number of ether oxygens (including phenoxy) is 2. The Morgan fingerprint density at radius 3 is 2.57 bits per heavy atom. The number of hydrogen-bond acceptors (Lipinski definition) is 6. The number of amides is 2. The number of nitrogens with one attached hydrogen (secondary N) is 2. The molecule has 0 bridgehead atoms. The van der Waals surface area contributed by atoms with Crippen molar-refractivity contribution in [1.82, 2.24) is 10.9 Å². The fraction of sp³-hybridized carbons (Fsp3) is 0.176. The van der Waals surface area contributed by atoms with Crippen LogP contribution >= 0.6 is 11.6 Å². The summed E-state index contributed by atoms with van der Waals surface area (Å²) < 4.78 is 35.3. The summed E-state index contributed by atoms with van der Waals surface area (Å²) in [5.41, 5.74) is 4.88. The molecule has 1 aliphatic heterocycles. The van der Waals surface area contributed by atoms with Crippen LogP contribution in [0.2, 0.25) is 5.02 Å². The monoisotopic (exact) mass is 425 g/mol. The van der Waals surface area contributed by atoms with E-state index in [1.165, 1.54) is 24.3 Å². The molecule has 0 spiro atoms. The molecule has 28 heavy (non-hydrogen) atoms. The molecule has 0 saturated carbocycles. The van der Waals surface area contributed by atoms with E-state index in [-0.39, 0.29) is 18.0 Å². The van der Waals surface area contributed by atoms with Gasteiger partial charge in [0.05, 0.1) is 11.9 Å². The van der Waals surface area contributed by atoms with Crippen LogP contribution in [0.5, 0.6) is 11.5 Å². The molecule has 1 heterocycles. The van der Waals surface area contributed by atoms with Gasteiger partial charge in [-0.15, -0.1) is 0 Å². The predicted molar refractivity (Wildman–Crippen MR) is 102 cm³/mol. The zero-order chi connectivity index (χ0) is 20.3. The number of halogens is 1. The summed E-state index contributed by atoms with van der Waals surface area (Å²) in [5, 5.41) is 0.322. The molecule has 0 aromatic heterocycles. The number of hydrazine groups is 1. The lowest BCUT2D eigenvalue weighted by molar-refractivity contribution is -0.120. The number of fused-ring (bicyclic) bond motifs is 1. The van der Waals surface area contributed by atoms with Gasteiger partial charge in [-0.25, -0.2) is 8.42 Å². The van der Waals surface area contributed by atoms with Crippen LogP contribution in [-0.2, 0) is 14.8 Å². The molecule has 0 atom stereocenters. The van der Waals surface area contributed by atoms with Crippen LogP contribution < -0.4 is 24.6 Å². The highest BCUT2D eigenvalue weighted by Crippen LogP contribution is 2.32. The summed E-state index contributed by atoms with van der Waals surface area (Å²) in [4.78, 5) is 24.3. The number of sulfonamides is 1. The van der Waals surface area contributed by atoms with Gasteiger partial charge in [0.15, 0.2) is 11.5 Å². The van der Waals surface area contributed by atoms with E-state index in [1.54, 1.807) is 18.2 Å². The fourth-order valence-corrected chi connectivity index (χ4v) is 3.47. The standard InChI is InChI=1S/C17H16ClN3O6S/c1-28(24,25)21(13-4-2-3-12(18)8-13)9-16(22)19-20-17(23)11-5-6-14-15(7-11)27-10-26-14/h2-8H,9-10H2,1H3,(H,19,22)(H,20,23). The Morgan fingerprint density at radius 1 is 1.11 bits per heavy atom. The minimum atomic E-state index is -3.76. The predicted octanol–water partition coefficient (Wildman–Crippen LogP) is 1.30. The largest absolute Gasteiger partial charge is 0.454 e. The third-order valence-corrected chi connectivity index (χ3v) is 5.11. The molecule has 0 radical (unpaired) electrons. The van der Waals surface area contributed by atoms with Gasteiger partial charge < -0.3 is 9.47 Å². The van der Waals surface area contributed by atoms with Gasteiger partial charge in [-0.05, 0) is 36.4 Å². The van der Waals surface area contributed by atoms with Crippen LogP contribution in [0.3, 0.4) is 0 Å². The third kappa shape index (κ3) is 4.65. The zero-order valence-electron chi connectivity index (χ0n) is 14.6. The summed E-state index contributed by atoms with van der Waals surface area (Å²) in [6.07, 6.45) is 0.965. The number of rotatable bonds is 5. The highest BCUT2D eigenvalue weighted by atomic mass is 35.5. The molecule has 11 heteroatoms. The van der Waals surface area contributed by atoms with Crippen molar-refractivity contribution in [2.45, 2.75) is 0 Å². The number of anilines is 1. The normalized spacial score (nSPS) is 12.4. The van der Waals surface area contributed by atoms with Crippen molar-refractivity contribution in [2.75, 3.05) is 23.9 Å². The first-order valence-electron chi connectivity index (χ1n) is 7.96. The SMILES string of the molecule is CS(=O)(=O)N(CC(=O)NNC(=O)c1ccc2c(c1)OCO2)c1cccc(Cl)c1. The first-order valence-corrected chi connectivity index (χ1v) is 10.2. The molecular formula is C17H16ClN3O6S. The molecule has 2 aromatic carbocycles. The molecule has 9 nitrogen and oxygen atoms in total. The van der Waals surface area contributed by atoms with Crippen molar-refractivity contribution >= 4 is 39.1 Å². The highest BCUT2D eigenvalue weighted by Gasteiger charge is 2.22. The van der Waals surface area contributed by atoms with Crippen molar-refractivity contribution in [2.24, 2.45) is 0 Å². The maximum absolute atomic E-state index is 12.2. The van der Waals surface area contributed by atoms with E-state index in [4.69, 9.17) is 21.1 Å². The van der Waals surface area contributed by atoms with Crippen LogP contribution in [0, 0.1) is 0 Å². The first-order chi connectivity index (χ1) is 13.2. The number of benzene rings is 2. The molecule has 3 rings (SSSR count). The van der Waals surface area contributed by atoms with Crippen LogP contribution in [0.15, 0.2) is 42.5 Å². The van der Waals surface area contributed by atoms with Gasteiger partial charge >= 0.3 is 0 Å². The average Bonchev–Trinajstić information content (AvgIpc) is 3.11. The zero-order valence-corrected chi connectivity index (χ0v) is 16.2. The van der Waals surface area contributed by atoms with Gasteiger partial charge in [-0.1, -0.05) is 17.7 Å². The Kier molecular flexibility index (Phi) is 5.61. The van der Waals surface area contributed by atoms with Gasteiger partial charge in [0, 0.05) is 10.6 Å². The average molecular weight is 426 g/mol. The molecule has 2 amide bonds. The minimum Gasteiger partial charge on any atom is -0.454 e. The Morgan fingerprint density at radius 2 is 1.86 bits per heavy atom. The second-order valence-corrected chi connectivity index (χ2v) is 8.16. The first kappa shape index (κ1) is 19.8. The smallest absolute Gasteiger partial charge is 0.269 e. The van der Waals surface area contributed by atoms with Crippen LogP contribution in [0.25, 0.3) is 0 Å². The molecule has 1 aliphatic rings. The van der Waals surface area contributed by atoms with E-state index in [2.05, 4.69) is 10.9 Å². The Bertz CT molecular complexity index is 1030. The highest BCUT2D eigenvalue weighted by molar-refractivity contribution is 7.92. The van der Waals surface area contributed by atoms with Crippen LogP contribution in [-0.4, -0.2) is 39.8 Å². The second-order valence-electron chi connectivity index (χ2n) is 5.82. The number of carbonyl (C=O) groups excluding carboxylic acids is 2. The van der Waals surface area contributed by atoms with Crippen LogP contribution in [0.1, 0.15) is 10.4 Å². The lowest BCUT2D eigenvalue weighted by atomic mass is 10.2. The van der Waals surface area contributed by atoms with Gasteiger partial charge in [0.1, 0.15) is 6.54 Å². The van der Waals surface area contributed by atoms with Crippen molar-refractivity contribution in [3.63, 3.8) is 0 Å². The molecule has 0 saturated heterocycles. The summed E-state index contributed by atoms with van der Waals surface area (Å²) >= 11 is 5.89. The Labute approximate surface area is 166 Å². The van der Waals surface area contributed by atoms with Crippen molar-refractivity contribution in [1.29, 1.82) is 0 Å². The number of hydrogen-bond donors (Lipinski definition) is 2. The van der Waals surface area contributed by atoms with Gasteiger partial charge in [-0.2, -0.15) is 0 Å². The third-order valence-electron chi connectivity index (χ3n) is 3.73. The number of carbonyl (C=O) groups is 2. The molecule has 148 valence electrons. The maximum atomic E-state index is 12.2. The molecule has 0 fully saturated rings. The van der Waals surface area contributed by atoms with Gasteiger partial charge in [0.2, 0.25) is 16.8 Å². The van der Waals surface area contributed by atoms with Crippen molar-refractivity contribution < 1.29 is 27.5 Å². The number of nitrogens with zero attached hydrogens (tertiary/aromatic N) is 1. The summed E-state index contributed by atoms with van der Waals surface area (Å²) in [6, 6.07) is 10.6. The van der Waals surface area contributed by atoms with E-state index >= 15 is 0 Å². The molecule has 2 aromatic rings. The summed E-state index contributed by atoms with van der Waals surface area (Å²) in [5.74, 6) is -0.395. The topological polar surface area (TPSA) is 114 Å². The van der Waals surface area contributed by atoms with Gasteiger partial charge in [0.25, 0.3) is 11.8 Å². The van der Waals surface area contributed by atoms with Crippen LogP contribution in [0.4, 0.5) is 5.69 Å². The molecular weight excluding hydrogens is 410 g/mol. The van der Waals surface area contributed by atoms with E-state index in [0.717, 1.165) is 10.6 Å². The van der Waals surface area contributed by atoms with Crippen molar-refractivity contribution in [3.8, 4) is 11.5 Å². The minimum absolute atomic E-state index is 0.0714. The molecule has 0 unspecified atom stereocenters. The van der Waals surface area contributed by atoms with Crippen molar-refractivity contribution in [3.05, 3.63) is 53.1 Å². The van der Waals surface area contributed by atoms with E-state index in [9.17, 15) is 18.0 Å². The van der Waals surface area contributed by atoms with Gasteiger partial charge in [-0.3, -0.25) is 24.7 Å². The quantitative estimate of drug-likeness (QED) is 0.698. The Hall–Kier alpha value is -2.98. The molecule has 2 N–H and O–H groups in total. The maximum Gasteiger partial charge on any atom is 0.269 e. The van der Waals surface area contributed by atoms with E-state index < -0.39 is 28.4 Å². The second kappa shape index (κ2) is 7.95.